The second-order valence-electron chi connectivity index (χ2n) is 6.91. The van der Waals surface area contributed by atoms with Crippen molar-refractivity contribution in [2.24, 2.45) is 5.92 Å². The molecule has 0 saturated heterocycles. The van der Waals surface area contributed by atoms with E-state index in [4.69, 9.17) is 9.47 Å². The number of carbonyl (C=O) groups excluding carboxylic acids is 2. The van der Waals surface area contributed by atoms with Crippen LogP contribution in [0.2, 0.25) is 0 Å². The van der Waals surface area contributed by atoms with E-state index in [1.165, 1.54) is 5.56 Å². The predicted molar refractivity (Wildman–Crippen MR) is 109 cm³/mol. The van der Waals surface area contributed by atoms with E-state index in [0.29, 0.717) is 6.42 Å². The molecule has 1 aliphatic rings. The van der Waals surface area contributed by atoms with Crippen molar-refractivity contribution >= 4 is 17.3 Å². The van der Waals surface area contributed by atoms with Crippen molar-refractivity contribution in [1.29, 1.82) is 0 Å². The maximum absolute atomic E-state index is 13.0. The van der Waals surface area contributed by atoms with Crippen molar-refractivity contribution in [1.82, 2.24) is 0 Å². The number of hydrogen-bond acceptors (Lipinski definition) is 4. The molecule has 1 aliphatic carbocycles. The molecule has 3 rings (SSSR count). The van der Waals surface area contributed by atoms with Crippen LogP contribution < -0.4 is 4.74 Å². The van der Waals surface area contributed by atoms with Crippen LogP contribution in [0, 0.1) is 5.92 Å². The fourth-order valence-corrected chi connectivity index (χ4v) is 3.79. The van der Waals surface area contributed by atoms with Gasteiger partial charge in [0.05, 0.1) is 13.7 Å². The topological polar surface area (TPSA) is 52.6 Å². The van der Waals surface area contributed by atoms with E-state index in [0.717, 1.165) is 28.9 Å². The monoisotopic (exact) mass is 378 g/mol. The van der Waals surface area contributed by atoms with E-state index >= 15 is 0 Å². The first kappa shape index (κ1) is 19.9. The lowest BCUT2D eigenvalue weighted by Crippen LogP contribution is -2.34. The molecule has 0 spiro atoms. The molecule has 0 saturated carbocycles. The van der Waals surface area contributed by atoms with Crippen LogP contribution in [0.3, 0.4) is 0 Å². The maximum atomic E-state index is 13.0. The van der Waals surface area contributed by atoms with Crippen LogP contribution >= 0.6 is 0 Å². The first-order valence-corrected chi connectivity index (χ1v) is 9.72. The van der Waals surface area contributed by atoms with Crippen LogP contribution in [-0.2, 0) is 20.7 Å². The molecule has 0 aliphatic heterocycles. The van der Waals surface area contributed by atoms with E-state index in [-0.39, 0.29) is 18.3 Å². The van der Waals surface area contributed by atoms with Crippen molar-refractivity contribution in [2.45, 2.75) is 32.6 Å². The first-order valence-electron chi connectivity index (χ1n) is 9.72. The molecule has 0 aromatic heterocycles. The SMILES string of the molecule is CCOC(=O)C1C(=O)C=C(c2ccccc2OC)CC1c1ccc(CC)cc1. The number of benzene rings is 2. The molecule has 4 heteroatoms. The average molecular weight is 378 g/mol. The highest BCUT2D eigenvalue weighted by Gasteiger charge is 2.40. The Morgan fingerprint density at radius 2 is 1.79 bits per heavy atom. The van der Waals surface area contributed by atoms with Crippen LogP contribution in [0.15, 0.2) is 54.6 Å². The van der Waals surface area contributed by atoms with Crippen molar-refractivity contribution in [3.63, 3.8) is 0 Å². The number of allylic oxidation sites excluding steroid dienone is 2. The Morgan fingerprint density at radius 3 is 2.43 bits per heavy atom. The van der Waals surface area contributed by atoms with E-state index in [1.807, 2.05) is 36.4 Å². The van der Waals surface area contributed by atoms with Gasteiger partial charge in [-0.2, -0.15) is 0 Å². The van der Waals surface area contributed by atoms with Crippen LogP contribution in [0.4, 0.5) is 0 Å². The number of esters is 1. The second kappa shape index (κ2) is 8.87. The van der Waals surface area contributed by atoms with Crippen molar-refractivity contribution in [3.05, 3.63) is 71.3 Å². The second-order valence-corrected chi connectivity index (χ2v) is 6.91. The average Bonchev–Trinajstić information content (AvgIpc) is 2.73. The number of methoxy groups -OCH3 is 1. The fourth-order valence-electron chi connectivity index (χ4n) is 3.79. The van der Waals surface area contributed by atoms with Crippen LogP contribution in [0.5, 0.6) is 5.75 Å². The number of ketones is 1. The minimum absolute atomic E-state index is 0.213. The van der Waals surface area contributed by atoms with Gasteiger partial charge in [-0.15, -0.1) is 0 Å². The van der Waals surface area contributed by atoms with Crippen molar-refractivity contribution in [2.75, 3.05) is 13.7 Å². The quantitative estimate of drug-likeness (QED) is 0.545. The third-order valence-electron chi connectivity index (χ3n) is 5.27. The predicted octanol–water partition coefficient (Wildman–Crippen LogP) is 4.58. The summed E-state index contributed by atoms with van der Waals surface area (Å²) < 4.78 is 10.7. The van der Waals surface area contributed by atoms with Gasteiger partial charge in [-0.25, -0.2) is 0 Å². The zero-order valence-corrected chi connectivity index (χ0v) is 16.6. The zero-order chi connectivity index (χ0) is 20.1. The van der Waals surface area contributed by atoms with E-state index in [9.17, 15) is 9.59 Å². The zero-order valence-electron chi connectivity index (χ0n) is 16.6. The third-order valence-corrected chi connectivity index (χ3v) is 5.27. The molecule has 0 N–H and O–H groups in total. The van der Waals surface area contributed by atoms with Gasteiger partial charge < -0.3 is 9.47 Å². The number of para-hydroxylation sites is 1. The Hall–Kier alpha value is -2.88. The minimum Gasteiger partial charge on any atom is -0.496 e. The maximum Gasteiger partial charge on any atom is 0.317 e. The number of rotatable bonds is 6. The highest BCUT2D eigenvalue weighted by molar-refractivity contribution is 6.11. The molecule has 0 amide bonds. The standard InChI is InChI=1S/C24H26O4/c1-4-16-10-12-17(13-11-16)20-14-18(19-8-6-7-9-22(19)27-3)15-21(25)23(20)24(26)28-5-2/h6-13,15,20,23H,4-5,14H2,1-3H3. The summed E-state index contributed by atoms with van der Waals surface area (Å²) >= 11 is 0. The van der Waals surface area contributed by atoms with Crippen molar-refractivity contribution in [3.8, 4) is 5.75 Å². The molecule has 2 aromatic rings. The molecule has 146 valence electrons. The summed E-state index contributed by atoms with van der Waals surface area (Å²) in [5, 5.41) is 0. The molecular weight excluding hydrogens is 352 g/mol. The van der Waals surface area contributed by atoms with Crippen LogP contribution in [0.25, 0.3) is 5.57 Å². The van der Waals surface area contributed by atoms with E-state index in [1.54, 1.807) is 20.1 Å². The van der Waals surface area contributed by atoms with Crippen LogP contribution in [0.1, 0.15) is 42.9 Å². The molecule has 2 atom stereocenters. The van der Waals surface area contributed by atoms with Gasteiger partial charge in [0.15, 0.2) is 5.78 Å². The Labute approximate surface area is 166 Å². The lowest BCUT2D eigenvalue weighted by atomic mass is 9.73. The highest BCUT2D eigenvalue weighted by Crippen LogP contribution is 2.42. The summed E-state index contributed by atoms with van der Waals surface area (Å²) in [5.41, 5.74) is 3.96. The molecule has 2 aromatic carbocycles. The molecule has 4 nitrogen and oxygen atoms in total. The summed E-state index contributed by atoms with van der Waals surface area (Å²) in [6, 6.07) is 15.8. The molecule has 28 heavy (non-hydrogen) atoms. The third kappa shape index (κ3) is 4.01. The molecular formula is C24H26O4. The number of hydrogen-bond donors (Lipinski definition) is 0. The molecule has 0 bridgehead atoms. The normalized spacial score (nSPS) is 19.1. The Balaban J connectivity index is 2.04. The minimum atomic E-state index is -0.814. The van der Waals surface area contributed by atoms with Gasteiger partial charge in [-0.3, -0.25) is 9.59 Å². The summed E-state index contributed by atoms with van der Waals surface area (Å²) in [7, 11) is 1.62. The van der Waals surface area contributed by atoms with Gasteiger partial charge in [-0.1, -0.05) is 49.4 Å². The van der Waals surface area contributed by atoms with Gasteiger partial charge in [0.1, 0.15) is 11.7 Å². The lowest BCUT2D eigenvalue weighted by Gasteiger charge is -2.30. The highest BCUT2D eigenvalue weighted by atomic mass is 16.5. The molecule has 2 unspecified atom stereocenters. The lowest BCUT2D eigenvalue weighted by molar-refractivity contribution is -0.151. The number of ether oxygens (including phenoxy) is 2. The van der Waals surface area contributed by atoms with E-state index in [2.05, 4.69) is 19.1 Å². The first-order chi connectivity index (χ1) is 13.6. The van der Waals surface area contributed by atoms with Gasteiger partial charge in [0, 0.05) is 11.5 Å². The van der Waals surface area contributed by atoms with Gasteiger partial charge in [0.2, 0.25) is 0 Å². The number of aryl methyl sites for hydroxylation is 1. The van der Waals surface area contributed by atoms with Crippen molar-refractivity contribution < 1.29 is 19.1 Å². The summed E-state index contributed by atoms with van der Waals surface area (Å²) in [4.78, 5) is 25.6. The summed E-state index contributed by atoms with van der Waals surface area (Å²) in [5.74, 6) is -1.02. The summed E-state index contributed by atoms with van der Waals surface area (Å²) in [6.07, 6.45) is 3.09. The van der Waals surface area contributed by atoms with Gasteiger partial charge in [0.25, 0.3) is 0 Å². The van der Waals surface area contributed by atoms with Gasteiger partial charge in [-0.05, 0) is 48.6 Å². The molecule has 0 radical (unpaired) electrons. The summed E-state index contributed by atoms with van der Waals surface area (Å²) in [6.45, 7) is 4.11. The van der Waals surface area contributed by atoms with E-state index < -0.39 is 11.9 Å². The fraction of sp³-hybridized carbons (Fsp3) is 0.333. The number of carbonyl (C=O) groups is 2. The van der Waals surface area contributed by atoms with Crippen LogP contribution in [-0.4, -0.2) is 25.5 Å². The van der Waals surface area contributed by atoms with Gasteiger partial charge >= 0.3 is 5.97 Å². The Morgan fingerprint density at radius 1 is 1.07 bits per heavy atom. The Bertz CT molecular complexity index is 880. The molecule has 0 heterocycles. The largest absolute Gasteiger partial charge is 0.496 e. The smallest absolute Gasteiger partial charge is 0.317 e. The molecule has 0 fully saturated rings. The Kier molecular flexibility index (Phi) is 6.30.